The maximum atomic E-state index is 11.6. The van der Waals surface area contributed by atoms with Crippen LogP contribution in [0.5, 0.6) is 0 Å². The molecule has 0 aromatic carbocycles. The van der Waals surface area contributed by atoms with E-state index in [1.54, 1.807) is 0 Å². The Morgan fingerprint density at radius 3 is 2.44 bits per heavy atom. The zero-order valence-corrected chi connectivity index (χ0v) is 9.54. The lowest BCUT2D eigenvalue weighted by Crippen LogP contribution is -2.33. The molecule has 0 unspecified atom stereocenters. The Hall–Kier alpha value is -2.06. The van der Waals surface area contributed by atoms with E-state index in [9.17, 15) is 9.59 Å². The van der Waals surface area contributed by atoms with Crippen molar-refractivity contribution in [2.45, 2.75) is 0 Å². The average molecular weight is 254 g/mol. The number of aliphatic hydroxyl groups excluding tert-OH is 2. The summed E-state index contributed by atoms with van der Waals surface area (Å²) in [7, 11) is 0. The van der Waals surface area contributed by atoms with Gasteiger partial charge in [0.05, 0.1) is 12.4 Å². The van der Waals surface area contributed by atoms with Crippen molar-refractivity contribution in [3.05, 3.63) is 23.8 Å². The van der Waals surface area contributed by atoms with E-state index in [4.69, 9.17) is 15.9 Å². The number of amides is 2. The van der Waals surface area contributed by atoms with Crippen LogP contribution in [0.1, 0.15) is 21.0 Å². The molecule has 0 atom stereocenters. The van der Waals surface area contributed by atoms with Gasteiger partial charge in [0.2, 0.25) is 0 Å². The second-order valence-electron chi connectivity index (χ2n) is 3.60. The molecule has 2 amide bonds. The highest BCUT2D eigenvalue weighted by atomic mass is 16.3. The number of nitrogens with one attached hydrogen (secondary N) is 1. The number of carbonyl (C=O) groups is 2. The van der Waals surface area contributed by atoms with Crippen molar-refractivity contribution in [1.29, 1.82) is 0 Å². The Morgan fingerprint density at radius 2 is 1.89 bits per heavy atom. The first kappa shape index (κ1) is 14.0. The molecule has 0 aliphatic rings. The molecule has 8 nitrogen and oxygen atoms in total. The molecule has 0 saturated heterocycles. The highest BCUT2D eigenvalue weighted by Crippen LogP contribution is 1.97. The van der Waals surface area contributed by atoms with Crippen LogP contribution in [0.25, 0.3) is 0 Å². The highest BCUT2D eigenvalue weighted by Gasteiger charge is 2.13. The second kappa shape index (κ2) is 6.62. The zero-order chi connectivity index (χ0) is 13.5. The lowest BCUT2D eigenvalue weighted by molar-refractivity contribution is 0.0916. The quantitative estimate of drug-likeness (QED) is 0.459. The third kappa shape index (κ3) is 3.75. The van der Waals surface area contributed by atoms with Gasteiger partial charge in [0.25, 0.3) is 11.8 Å². The number of primary amides is 1. The summed E-state index contributed by atoms with van der Waals surface area (Å²) in [6.07, 6.45) is 2.35. The van der Waals surface area contributed by atoms with E-state index in [0.29, 0.717) is 0 Å². The molecule has 0 fully saturated rings. The van der Waals surface area contributed by atoms with E-state index in [2.05, 4.69) is 15.3 Å². The van der Waals surface area contributed by atoms with Crippen molar-refractivity contribution >= 4 is 11.8 Å². The lowest BCUT2D eigenvalue weighted by Gasteiger charge is -2.11. The molecular weight excluding hydrogens is 240 g/mol. The van der Waals surface area contributed by atoms with Crippen LogP contribution < -0.4 is 11.1 Å². The minimum Gasteiger partial charge on any atom is -0.396 e. The minimum atomic E-state index is -0.777. The first-order chi connectivity index (χ1) is 8.58. The molecular formula is C10H14N4O4. The van der Waals surface area contributed by atoms with Gasteiger partial charge < -0.3 is 21.3 Å². The summed E-state index contributed by atoms with van der Waals surface area (Å²) < 4.78 is 0. The third-order valence-electron chi connectivity index (χ3n) is 2.19. The molecule has 1 aromatic rings. The summed E-state index contributed by atoms with van der Waals surface area (Å²) in [6, 6.07) is 0. The van der Waals surface area contributed by atoms with Crippen LogP contribution in [0.15, 0.2) is 12.4 Å². The molecule has 1 aromatic heterocycles. The first-order valence-electron chi connectivity index (χ1n) is 5.20. The molecule has 98 valence electrons. The van der Waals surface area contributed by atoms with Crippen molar-refractivity contribution < 1.29 is 19.8 Å². The van der Waals surface area contributed by atoms with E-state index >= 15 is 0 Å². The summed E-state index contributed by atoms with van der Waals surface area (Å²) in [5.74, 6) is -1.78. The van der Waals surface area contributed by atoms with E-state index < -0.39 is 17.7 Å². The average Bonchev–Trinajstić information content (AvgIpc) is 2.39. The predicted molar refractivity (Wildman–Crippen MR) is 60.5 cm³/mol. The van der Waals surface area contributed by atoms with Crippen LogP contribution in [0.3, 0.4) is 0 Å². The molecule has 0 aliphatic carbocycles. The maximum absolute atomic E-state index is 11.6. The summed E-state index contributed by atoms with van der Waals surface area (Å²) in [6.45, 7) is -0.401. The number of rotatable bonds is 6. The third-order valence-corrected chi connectivity index (χ3v) is 2.19. The fourth-order valence-electron chi connectivity index (χ4n) is 1.11. The van der Waals surface area contributed by atoms with Crippen molar-refractivity contribution in [2.75, 3.05) is 19.8 Å². The summed E-state index contributed by atoms with van der Waals surface area (Å²) >= 11 is 0. The maximum Gasteiger partial charge on any atom is 0.271 e. The molecule has 0 bridgehead atoms. The van der Waals surface area contributed by atoms with Crippen molar-refractivity contribution in [1.82, 2.24) is 15.3 Å². The SMILES string of the molecule is NC(=O)c1cncc(C(=O)NCC(CO)CO)n1. The minimum absolute atomic E-state index is 0.0547. The first-order valence-corrected chi connectivity index (χ1v) is 5.20. The topological polar surface area (TPSA) is 138 Å². The van der Waals surface area contributed by atoms with Crippen LogP contribution in [-0.4, -0.2) is 51.8 Å². The number of aromatic nitrogens is 2. The number of nitrogens with zero attached hydrogens (tertiary/aromatic N) is 2. The van der Waals surface area contributed by atoms with Gasteiger partial charge in [-0.15, -0.1) is 0 Å². The largest absolute Gasteiger partial charge is 0.396 e. The number of nitrogens with two attached hydrogens (primary N) is 1. The van der Waals surface area contributed by atoms with Crippen LogP contribution in [0.2, 0.25) is 0 Å². The molecule has 1 heterocycles. The second-order valence-corrected chi connectivity index (χ2v) is 3.60. The van der Waals surface area contributed by atoms with Gasteiger partial charge in [0, 0.05) is 25.7 Å². The zero-order valence-electron chi connectivity index (χ0n) is 9.54. The van der Waals surface area contributed by atoms with Crippen molar-refractivity contribution in [3.63, 3.8) is 0 Å². The van der Waals surface area contributed by atoms with Gasteiger partial charge in [0.15, 0.2) is 0 Å². The fraction of sp³-hybridized carbons (Fsp3) is 0.400. The van der Waals surface area contributed by atoms with Gasteiger partial charge in [-0.3, -0.25) is 14.6 Å². The summed E-state index contributed by atoms with van der Waals surface area (Å²) in [5, 5.41) is 20.1. The van der Waals surface area contributed by atoms with Gasteiger partial charge in [-0.25, -0.2) is 4.98 Å². The predicted octanol–water partition coefficient (Wildman–Crippen LogP) is -2.09. The van der Waals surface area contributed by atoms with Gasteiger partial charge >= 0.3 is 0 Å². The monoisotopic (exact) mass is 254 g/mol. The molecule has 0 aliphatic heterocycles. The van der Waals surface area contributed by atoms with Gasteiger partial charge in [-0.1, -0.05) is 0 Å². The normalized spacial score (nSPS) is 10.4. The lowest BCUT2D eigenvalue weighted by atomic mass is 10.2. The Morgan fingerprint density at radius 1 is 1.28 bits per heavy atom. The molecule has 0 radical (unpaired) electrons. The molecule has 1 rings (SSSR count). The number of hydrogen-bond acceptors (Lipinski definition) is 6. The standard InChI is InChI=1S/C10H14N4O4/c11-9(17)7-2-12-3-8(14-7)10(18)13-1-6(4-15)5-16/h2-3,6,15-16H,1,4-5H2,(H2,11,17)(H,13,18). The molecule has 0 saturated carbocycles. The van der Waals surface area contributed by atoms with Crippen molar-refractivity contribution in [2.24, 2.45) is 11.7 Å². The van der Waals surface area contributed by atoms with Gasteiger partial charge in [0.1, 0.15) is 11.4 Å². The molecule has 5 N–H and O–H groups in total. The molecule has 0 spiro atoms. The molecule has 8 heteroatoms. The fourth-order valence-corrected chi connectivity index (χ4v) is 1.11. The highest BCUT2D eigenvalue weighted by molar-refractivity contribution is 5.95. The Labute approximate surface area is 103 Å². The van der Waals surface area contributed by atoms with E-state index in [1.807, 2.05) is 0 Å². The van der Waals surface area contributed by atoms with Gasteiger partial charge in [-0.05, 0) is 0 Å². The Balaban J connectivity index is 2.67. The molecule has 18 heavy (non-hydrogen) atoms. The van der Waals surface area contributed by atoms with Crippen LogP contribution in [-0.2, 0) is 0 Å². The van der Waals surface area contributed by atoms with Crippen molar-refractivity contribution in [3.8, 4) is 0 Å². The van der Waals surface area contributed by atoms with Crippen LogP contribution in [0.4, 0.5) is 0 Å². The van der Waals surface area contributed by atoms with Crippen LogP contribution >= 0.6 is 0 Å². The summed E-state index contributed by atoms with van der Waals surface area (Å²) in [5.41, 5.74) is 4.85. The van der Waals surface area contributed by atoms with E-state index in [-0.39, 0.29) is 31.1 Å². The van der Waals surface area contributed by atoms with E-state index in [1.165, 1.54) is 6.20 Å². The Kier molecular flexibility index (Phi) is 5.15. The number of aliphatic hydroxyl groups is 2. The number of hydrogen-bond donors (Lipinski definition) is 4. The smallest absolute Gasteiger partial charge is 0.271 e. The van der Waals surface area contributed by atoms with Crippen LogP contribution in [0, 0.1) is 5.92 Å². The van der Waals surface area contributed by atoms with E-state index in [0.717, 1.165) is 6.20 Å². The Bertz CT molecular complexity index is 434. The van der Waals surface area contributed by atoms with Gasteiger partial charge in [-0.2, -0.15) is 0 Å². The summed E-state index contributed by atoms with van der Waals surface area (Å²) in [4.78, 5) is 29.9. The number of carbonyl (C=O) groups excluding carboxylic acids is 2.